The number of hydrogen-bond donors (Lipinski definition) is 1. The molecule has 1 aliphatic rings. The molecule has 0 saturated carbocycles. The minimum Gasteiger partial charge on any atom is -0.476 e. The molecule has 0 spiro atoms. The Morgan fingerprint density at radius 1 is 1.09 bits per heavy atom. The lowest BCUT2D eigenvalue weighted by Crippen LogP contribution is -2.51. The van der Waals surface area contributed by atoms with Crippen LogP contribution in [0.15, 0.2) is 77.7 Å². The van der Waals surface area contributed by atoms with Crippen LogP contribution in [0.25, 0.3) is 0 Å². The smallest absolute Gasteiger partial charge is 0.264 e. The molecule has 1 amide bonds. The summed E-state index contributed by atoms with van der Waals surface area (Å²) in [6.07, 6.45) is -0.0618. The molecule has 0 aliphatic carbocycles. The fourth-order valence-corrected chi connectivity index (χ4v) is 5.33. The number of carbonyl (C=O) groups excluding carboxylic acids is 1. The lowest BCUT2D eigenvalue weighted by Gasteiger charge is -2.35. The number of nitrogens with one attached hydrogen (secondary N) is 1. The lowest BCUT2D eigenvalue weighted by atomic mass is 10.0. The van der Waals surface area contributed by atoms with E-state index in [1.54, 1.807) is 24.3 Å². The first-order chi connectivity index (χ1) is 15.8. The van der Waals surface area contributed by atoms with Crippen LogP contribution in [-0.2, 0) is 21.2 Å². The van der Waals surface area contributed by atoms with E-state index in [1.165, 1.54) is 34.1 Å². The van der Waals surface area contributed by atoms with Gasteiger partial charge in [-0.1, -0.05) is 54.9 Å². The summed E-state index contributed by atoms with van der Waals surface area (Å²) < 4.78 is 34.0. The largest absolute Gasteiger partial charge is 0.476 e. The molecule has 172 valence electrons. The quantitative estimate of drug-likeness (QED) is 0.548. The fraction of sp³-hybridized carbons (Fsp3) is 0.240. The molecule has 0 aromatic heterocycles. The molecule has 33 heavy (non-hydrogen) atoms. The van der Waals surface area contributed by atoms with Crippen LogP contribution < -0.4 is 14.4 Å². The first kappa shape index (κ1) is 23.1. The van der Waals surface area contributed by atoms with Gasteiger partial charge in [0.2, 0.25) is 0 Å². The highest BCUT2D eigenvalue weighted by atomic mass is 35.5. The number of nitrogens with zero attached hydrogens (tertiary/aromatic N) is 1. The highest BCUT2D eigenvalue weighted by molar-refractivity contribution is 7.92. The number of halogens is 1. The maximum absolute atomic E-state index is 13.4. The van der Waals surface area contributed by atoms with Crippen LogP contribution in [0.4, 0.5) is 5.69 Å². The van der Waals surface area contributed by atoms with Crippen LogP contribution in [0, 0.1) is 0 Å². The van der Waals surface area contributed by atoms with E-state index in [-0.39, 0.29) is 23.4 Å². The second-order valence-corrected chi connectivity index (χ2v) is 10.2. The van der Waals surface area contributed by atoms with Crippen molar-refractivity contribution in [3.8, 4) is 5.75 Å². The van der Waals surface area contributed by atoms with Gasteiger partial charge in [-0.2, -0.15) is 0 Å². The van der Waals surface area contributed by atoms with Crippen molar-refractivity contribution in [1.82, 2.24) is 5.32 Å². The van der Waals surface area contributed by atoms with Crippen LogP contribution in [0.2, 0.25) is 5.02 Å². The first-order valence-electron chi connectivity index (χ1n) is 10.7. The number of para-hydroxylation sites is 2. The third-order valence-electron chi connectivity index (χ3n) is 5.68. The molecule has 8 heteroatoms. The van der Waals surface area contributed by atoms with Crippen molar-refractivity contribution >= 4 is 33.2 Å². The molecule has 6 nitrogen and oxygen atoms in total. The Balaban J connectivity index is 1.59. The SMILES string of the molecule is CCc1ccc([C@@H](C)NC(=O)[C@H]2CN(S(=O)(=O)c3ccc(Cl)cc3)c3ccccc3O2)cc1. The van der Waals surface area contributed by atoms with Crippen molar-refractivity contribution in [2.45, 2.75) is 37.3 Å². The Kier molecular flexibility index (Phi) is 6.63. The third kappa shape index (κ3) is 4.84. The number of benzene rings is 3. The Morgan fingerprint density at radius 2 is 1.76 bits per heavy atom. The summed E-state index contributed by atoms with van der Waals surface area (Å²) in [5.41, 5.74) is 2.56. The summed E-state index contributed by atoms with van der Waals surface area (Å²) in [7, 11) is -3.93. The second-order valence-electron chi connectivity index (χ2n) is 7.89. The number of amides is 1. The standard InChI is InChI=1S/C25H25ClN2O4S/c1-3-18-8-10-19(11-9-18)17(2)27-25(29)24-16-28(22-6-4-5-7-23(22)32-24)33(30,31)21-14-12-20(26)13-15-21/h4-15,17,24H,3,16H2,1-2H3,(H,27,29)/t17-,24-/m1/s1. The number of ether oxygens (including phenoxy) is 1. The molecule has 0 fully saturated rings. The normalized spacial score (nSPS) is 16.5. The van der Waals surface area contributed by atoms with Gasteiger partial charge >= 0.3 is 0 Å². The number of aryl methyl sites for hydroxylation is 1. The van der Waals surface area contributed by atoms with Crippen LogP contribution in [0.3, 0.4) is 0 Å². The van der Waals surface area contributed by atoms with Crippen LogP contribution >= 0.6 is 11.6 Å². The van der Waals surface area contributed by atoms with E-state index in [9.17, 15) is 13.2 Å². The molecule has 1 heterocycles. The molecule has 0 radical (unpaired) electrons. The van der Waals surface area contributed by atoms with Gasteiger partial charge in [-0.15, -0.1) is 0 Å². The Morgan fingerprint density at radius 3 is 2.42 bits per heavy atom. The fourth-order valence-electron chi connectivity index (χ4n) is 3.73. The highest BCUT2D eigenvalue weighted by Gasteiger charge is 2.37. The maximum atomic E-state index is 13.4. The summed E-state index contributed by atoms with van der Waals surface area (Å²) in [4.78, 5) is 13.2. The third-order valence-corrected chi connectivity index (χ3v) is 7.72. The molecule has 1 N–H and O–H groups in total. The number of sulfonamides is 1. The predicted molar refractivity (Wildman–Crippen MR) is 129 cm³/mol. The van der Waals surface area contributed by atoms with Crippen molar-refractivity contribution in [3.63, 3.8) is 0 Å². The molecule has 1 aliphatic heterocycles. The first-order valence-corrected chi connectivity index (χ1v) is 12.5. The molecular weight excluding hydrogens is 460 g/mol. The monoisotopic (exact) mass is 484 g/mol. The summed E-state index contributed by atoms with van der Waals surface area (Å²) in [6, 6.07) is 20.5. The number of hydrogen-bond acceptors (Lipinski definition) is 4. The molecule has 3 aromatic rings. The lowest BCUT2D eigenvalue weighted by molar-refractivity contribution is -0.128. The van der Waals surface area contributed by atoms with Gasteiger partial charge in [-0.25, -0.2) is 8.42 Å². The van der Waals surface area contributed by atoms with Crippen LogP contribution in [-0.4, -0.2) is 27.0 Å². The summed E-state index contributed by atoms with van der Waals surface area (Å²) in [5, 5.41) is 3.39. The molecule has 2 atom stereocenters. The Labute approximate surface area is 199 Å². The van der Waals surface area contributed by atoms with Gasteiger partial charge in [0, 0.05) is 5.02 Å². The Bertz CT molecular complexity index is 1240. The predicted octanol–water partition coefficient (Wildman–Crippen LogP) is 4.74. The zero-order valence-corrected chi connectivity index (χ0v) is 19.9. The summed E-state index contributed by atoms with van der Waals surface area (Å²) in [5.74, 6) is -0.0470. The topological polar surface area (TPSA) is 75.7 Å². The highest BCUT2D eigenvalue weighted by Crippen LogP contribution is 2.37. The second kappa shape index (κ2) is 9.45. The van der Waals surface area contributed by atoms with Crippen molar-refractivity contribution in [1.29, 1.82) is 0 Å². The van der Waals surface area contributed by atoms with Crippen LogP contribution in [0.5, 0.6) is 5.75 Å². The van der Waals surface area contributed by atoms with Gasteiger partial charge < -0.3 is 10.1 Å². The van der Waals surface area contributed by atoms with Crippen molar-refractivity contribution < 1.29 is 17.9 Å². The number of fused-ring (bicyclic) bond motifs is 1. The molecule has 0 unspecified atom stereocenters. The van der Waals surface area contributed by atoms with E-state index in [2.05, 4.69) is 12.2 Å². The van der Waals surface area contributed by atoms with Crippen molar-refractivity contribution in [2.75, 3.05) is 10.8 Å². The van der Waals surface area contributed by atoms with Gasteiger partial charge in [0.15, 0.2) is 6.10 Å². The summed E-state index contributed by atoms with van der Waals surface area (Å²) >= 11 is 5.93. The van der Waals surface area contributed by atoms with Gasteiger partial charge in [0.1, 0.15) is 5.75 Å². The average molecular weight is 485 g/mol. The Hall–Kier alpha value is -3.03. The van der Waals surface area contributed by atoms with Crippen molar-refractivity contribution in [2.24, 2.45) is 0 Å². The zero-order valence-electron chi connectivity index (χ0n) is 18.4. The van der Waals surface area contributed by atoms with E-state index in [0.717, 1.165) is 12.0 Å². The maximum Gasteiger partial charge on any atom is 0.264 e. The minimum absolute atomic E-state index is 0.0899. The molecule has 0 bridgehead atoms. The number of anilines is 1. The molecule has 0 saturated heterocycles. The van der Waals surface area contributed by atoms with E-state index in [4.69, 9.17) is 16.3 Å². The zero-order chi connectivity index (χ0) is 23.6. The van der Waals surface area contributed by atoms with Gasteiger partial charge in [-0.3, -0.25) is 9.10 Å². The van der Waals surface area contributed by atoms with Gasteiger partial charge in [0.05, 0.1) is 23.2 Å². The molecule has 3 aromatic carbocycles. The van der Waals surface area contributed by atoms with E-state index in [1.807, 2.05) is 31.2 Å². The van der Waals surface area contributed by atoms with Crippen LogP contribution in [0.1, 0.15) is 31.0 Å². The van der Waals surface area contributed by atoms with Gasteiger partial charge in [0.25, 0.3) is 15.9 Å². The van der Waals surface area contributed by atoms with Crippen molar-refractivity contribution in [3.05, 3.63) is 88.9 Å². The molecule has 4 rings (SSSR count). The van der Waals surface area contributed by atoms with E-state index >= 15 is 0 Å². The summed E-state index contributed by atoms with van der Waals surface area (Å²) in [6.45, 7) is 3.83. The number of carbonyl (C=O) groups is 1. The molecular formula is C25H25ClN2O4S. The van der Waals surface area contributed by atoms with E-state index in [0.29, 0.717) is 16.5 Å². The minimum atomic E-state index is -3.93. The average Bonchev–Trinajstić information content (AvgIpc) is 2.83. The number of rotatable bonds is 6. The van der Waals surface area contributed by atoms with E-state index < -0.39 is 16.1 Å². The van der Waals surface area contributed by atoms with Gasteiger partial charge in [-0.05, 0) is 60.9 Å².